The number of aryl methyl sites for hydroxylation is 2. The summed E-state index contributed by atoms with van der Waals surface area (Å²) in [5.74, 6) is 0.714. The smallest absolute Gasteiger partial charge is 0.407 e. The summed E-state index contributed by atoms with van der Waals surface area (Å²) in [7, 11) is 1.93. The number of anilines is 1. The molecule has 0 radical (unpaired) electrons. The zero-order valence-electron chi connectivity index (χ0n) is 14.0. The topological polar surface area (TPSA) is 67.4 Å². The number of rotatable bonds is 4. The van der Waals surface area contributed by atoms with E-state index in [1.54, 1.807) is 0 Å². The van der Waals surface area contributed by atoms with Crippen molar-refractivity contribution in [3.63, 3.8) is 0 Å². The average Bonchev–Trinajstić information content (AvgIpc) is 2.44. The van der Waals surface area contributed by atoms with E-state index < -0.39 is 11.7 Å². The Morgan fingerprint density at radius 1 is 1.36 bits per heavy atom. The maximum Gasteiger partial charge on any atom is 0.407 e. The molecule has 1 aliphatic carbocycles. The number of amides is 1. The van der Waals surface area contributed by atoms with Crippen LogP contribution in [0.4, 0.5) is 10.7 Å². The van der Waals surface area contributed by atoms with E-state index in [-0.39, 0.29) is 0 Å². The van der Waals surface area contributed by atoms with Crippen molar-refractivity contribution in [2.45, 2.75) is 52.1 Å². The van der Waals surface area contributed by atoms with E-state index in [2.05, 4.69) is 15.3 Å². The number of likely N-dealkylation sites (N-methyl/N-ethyl adjacent to an activating group) is 1. The van der Waals surface area contributed by atoms with Crippen molar-refractivity contribution in [2.75, 3.05) is 25.0 Å². The second-order valence-corrected chi connectivity index (χ2v) is 6.70. The zero-order chi connectivity index (χ0) is 16.2. The molecule has 1 aromatic rings. The van der Waals surface area contributed by atoms with Gasteiger partial charge in [0.1, 0.15) is 5.60 Å². The summed E-state index contributed by atoms with van der Waals surface area (Å²) in [5.41, 5.74) is 1.97. The molecule has 1 N–H and O–H groups in total. The van der Waals surface area contributed by atoms with Crippen LogP contribution in [0, 0.1) is 0 Å². The molecule has 0 aromatic carbocycles. The number of carbonyl (C=O) groups excluding carboxylic acids is 1. The van der Waals surface area contributed by atoms with Crippen molar-refractivity contribution < 1.29 is 9.53 Å². The lowest BCUT2D eigenvalue weighted by Gasteiger charge is -2.22. The molecule has 0 bridgehead atoms. The highest BCUT2D eigenvalue weighted by Gasteiger charge is 2.16. The van der Waals surface area contributed by atoms with Gasteiger partial charge in [0.2, 0.25) is 5.95 Å². The van der Waals surface area contributed by atoms with Crippen molar-refractivity contribution in [3.05, 3.63) is 17.5 Å². The van der Waals surface area contributed by atoms with E-state index in [1.165, 1.54) is 24.1 Å². The van der Waals surface area contributed by atoms with Gasteiger partial charge in [-0.25, -0.2) is 14.8 Å². The third kappa shape index (κ3) is 4.86. The van der Waals surface area contributed by atoms with Crippen molar-refractivity contribution in [3.8, 4) is 0 Å². The van der Waals surface area contributed by atoms with E-state index >= 15 is 0 Å². The van der Waals surface area contributed by atoms with Crippen molar-refractivity contribution >= 4 is 12.0 Å². The van der Waals surface area contributed by atoms with Gasteiger partial charge in [0.15, 0.2) is 0 Å². The van der Waals surface area contributed by atoms with Crippen LogP contribution in [-0.2, 0) is 17.6 Å². The van der Waals surface area contributed by atoms with Crippen LogP contribution < -0.4 is 10.2 Å². The third-order valence-electron chi connectivity index (χ3n) is 3.51. The molecule has 1 heterocycles. The fourth-order valence-corrected chi connectivity index (χ4v) is 2.39. The molecule has 0 spiro atoms. The Morgan fingerprint density at radius 3 is 2.82 bits per heavy atom. The minimum atomic E-state index is -0.475. The molecule has 2 rings (SSSR count). The van der Waals surface area contributed by atoms with Gasteiger partial charge in [-0.2, -0.15) is 0 Å². The highest BCUT2D eigenvalue weighted by molar-refractivity contribution is 5.67. The van der Waals surface area contributed by atoms with Crippen molar-refractivity contribution in [1.82, 2.24) is 15.3 Å². The number of fused-ring (bicyclic) bond motifs is 1. The van der Waals surface area contributed by atoms with E-state index in [9.17, 15) is 4.79 Å². The maximum atomic E-state index is 11.6. The molecule has 0 fully saturated rings. The average molecular weight is 306 g/mol. The van der Waals surface area contributed by atoms with Gasteiger partial charge in [-0.1, -0.05) is 0 Å². The summed E-state index contributed by atoms with van der Waals surface area (Å²) in [4.78, 5) is 22.6. The lowest BCUT2D eigenvalue weighted by molar-refractivity contribution is 0.0529. The van der Waals surface area contributed by atoms with E-state index in [0.29, 0.717) is 19.0 Å². The van der Waals surface area contributed by atoms with E-state index in [0.717, 1.165) is 12.8 Å². The van der Waals surface area contributed by atoms with Crippen molar-refractivity contribution in [1.29, 1.82) is 0 Å². The molecule has 6 heteroatoms. The number of ether oxygens (including phenoxy) is 1. The van der Waals surface area contributed by atoms with Crippen LogP contribution in [0.25, 0.3) is 0 Å². The lowest BCUT2D eigenvalue weighted by Crippen LogP contribution is -2.37. The number of carbonyl (C=O) groups is 1. The highest BCUT2D eigenvalue weighted by Crippen LogP contribution is 2.20. The minimum absolute atomic E-state index is 0.396. The number of nitrogens with zero attached hydrogens (tertiary/aromatic N) is 3. The normalized spacial score (nSPS) is 14.2. The Kier molecular flexibility index (Phi) is 5.21. The molecule has 0 aliphatic heterocycles. The molecule has 6 nitrogen and oxygen atoms in total. The third-order valence-corrected chi connectivity index (χ3v) is 3.51. The maximum absolute atomic E-state index is 11.6. The molecule has 0 atom stereocenters. The first kappa shape index (κ1) is 16.5. The van der Waals surface area contributed by atoms with Crippen LogP contribution in [-0.4, -0.2) is 41.8 Å². The number of aromatic nitrogens is 2. The Bertz CT molecular complexity index is 525. The van der Waals surface area contributed by atoms with E-state index in [4.69, 9.17) is 4.74 Å². The largest absolute Gasteiger partial charge is 0.444 e. The molecule has 22 heavy (non-hydrogen) atoms. The first-order chi connectivity index (χ1) is 10.3. The predicted molar refractivity (Wildman–Crippen MR) is 86.2 cm³/mol. The first-order valence-corrected chi connectivity index (χ1v) is 7.88. The summed E-state index contributed by atoms with van der Waals surface area (Å²) in [6.07, 6.45) is 6.09. The van der Waals surface area contributed by atoms with Gasteiger partial charge in [0.25, 0.3) is 0 Å². The molecule has 122 valence electrons. The van der Waals surface area contributed by atoms with Gasteiger partial charge in [-0.15, -0.1) is 0 Å². The van der Waals surface area contributed by atoms with Gasteiger partial charge in [-0.3, -0.25) is 0 Å². The fraction of sp³-hybridized carbons (Fsp3) is 0.688. The number of hydrogen-bond donors (Lipinski definition) is 1. The Balaban J connectivity index is 1.82. The molecule has 0 unspecified atom stereocenters. The predicted octanol–water partition coefficient (Wildman–Crippen LogP) is 2.32. The van der Waals surface area contributed by atoms with Gasteiger partial charge >= 0.3 is 6.09 Å². The second kappa shape index (κ2) is 6.94. The fourth-order valence-electron chi connectivity index (χ4n) is 2.39. The number of hydrogen-bond acceptors (Lipinski definition) is 5. The van der Waals surface area contributed by atoms with Crippen LogP contribution in [0.15, 0.2) is 6.20 Å². The molecule has 1 aliphatic rings. The summed E-state index contributed by atoms with van der Waals surface area (Å²) >= 11 is 0. The molecule has 1 amide bonds. The standard InChI is InChI=1S/C16H26N4O2/c1-16(2,3)22-15(21)17-9-10-20(4)14-18-11-12-7-5-6-8-13(12)19-14/h11H,5-10H2,1-4H3,(H,17,21). The summed E-state index contributed by atoms with van der Waals surface area (Å²) in [5, 5.41) is 2.74. The first-order valence-electron chi connectivity index (χ1n) is 7.88. The molecule has 0 saturated carbocycles. The summed E-state index contributed by atoms with van der Waals surface area (Å²) in [6.45, 7) is 6.67. The number of nitrogens with one attached hydrogen (secondary N) is 1. The summed E-state index contributed by atoms with van der Waals surface area (Å²) in [6, 6.07) is 0. The SMILES string of the molecule is CN(CCNC(=O)OC(C)(C)C)c1ncc2c(n1)CCCC2. The van der Waals surface area contributed by atoms with Gasteiger partial charge in [0.05, 0.1) is 0 Å². The highest BCUT2D eigenvalue weighted by atomic mass is 16.6. The van der Waals surface area contributed by atoms with E-state index in [1.807, 2.05) is 38.9 Å². The van der Waals surface area contributed by atoms with Gasteiger partial charge in [-0.05, 0) is 52.0 Å². The quantitative estimate of drug-likeness (QED) is 0.924. The van der Waals surface area contributed by atoms with Crippen LogP contribution in [0.1, 0.15) is 44.9 Å². The number of alkyl carbamates (subject to hydrolysis) is 1. The molecular weight excluding hydrogens is 280 g/mol. The van der Waals surface area contributed by atoms with Gasteiger partial charge < -0.3 is 15.0 Å². The van der Waals surface area contributed by atoms with Gasteiger partial charge in [0, 0.05) is 32.0 Å². The lowest BCUT2D eigenvalue weighted by atomic mass is 9.98. The zero-order valence-corrected chi connectivity index (χ0v) is 14.0. The van der Waals surface area contributed by atoms with Crippen LogP contribution in [0.5, 0.6) is 0 Å². The Hall–Kier alpha value is -1.85. The van der Waals surface area contributed by atoms with Crippen LogP contribution >= 0.6 is 0 Å². The molecule has 0 saturated heterocycles. The van der Waals surface area contributed by atoms with Crippen LogP contribution in [0.2, 0.25) is 0 Å². The Morgan fingerprint density at radius 2 is 2.09 bits per heavy atom. The monoisotopic (exact) mass is 306 g/mol. The second-order valence-electron chi connectivity index (χ2n) is 6.70. The minimum Gasteiger partial charge on any atom is -0.444 e. The molecule has 1 aromatic heterocycles. The molecular formula is C16H26N4O2. The Labute approximate surface area is 132 Å². The summed E-state index contributed by atoms with van der Waals surface area (Å²) < 4.78 is 5.20. The van der Waals surface area contributed by atoms with Crippen molar-refractivity contribution in [2.24, 2.45) is 0 Å². The van der Waals surface area contributed by atoms with Crippen LogP contribution in [0.3, 0.4) is 0 Å².